The van der Waals surface area contributed by atoms with E-state index >= 15 is 0 Å². The minimum atomic E-state index is -0.0579. The molecule has 0 saturated heterocycles. The molecule has 7 heteroatoms. The van der Waals surface area contributed by atoms with Gasteiger partial charge in [-0.2, -0.15) is 5.10 Å². The average molecular weight is 170 g/mol. The van der Waals surface area contributed by atoms with Crippen LogP contribution in [-0.2, 0) is 6.54 Å². The van der Waals surface area contributed by atoms with Gasteiger partial charge < -0.3 is 5.73 Å². The van der Waals surface area contributed by atoms with E-state index in [0.29, 0.717) is 5.82 Å². The molecule has 0 saturated carbocycles. The number of hydrogen-bond acceptors (Lipinski definition) is 4. The summed E-state index contributed by atoms with van der Waals surface area (Å²) in [4.78, 5) is 7.69. The Hall–Kier alpha value is -1.63. The maximum absolute atomic E-state index is 8.26. The molecule has 0 aliphatic heterocycles. The number of aromatic amines is 1. The van der Waals surface area contributed by atoms with Crippen molar-refractivity contribution >= 4 is 5.96 Å². The lowest BCUT2D eigenvalue weighted by molar-refractivity contribution is 0.232. The highest BCUT2D eigenvalue weighted by Gasteiger charge is 1.97. The monoisotopic (exact) mass is 170 g/mol. The number of aliphatic imine (C=N–C) groups is 1. The molecule has 1 rings (SSSR count). The summed E-state index contributed by atoms with van der Waals surface area (Å²) in [7, 11) is 0. The molecule has 1 aromatic heterocycles. The molecule has 0 radical (unpaired) electrons. The number of nitrogens with one attached hydrogen (secondary N) is 2. The van der Waals surface area contributed by atoms with Crippen LogP contribution in [0.2, 0.25) is 0 Å². The number of aryl methyl sites for hydroxylation is 1. The van der Waals surface area contributed by atoms with E-state index < -0.39 is 0 Å². The van der Waals surface area contributed by atoms with Crippen LogP contribution in [0.5, 0.6) is 0 Å². The molecule has 12 heavy (non-hydrogen) atoms. The second kappa shape index (κ2) is 3.67. The second-order valence-electron chi connectivity index (χ2n) is 2.15. The normalized spacial score (nSPS) is 11.7. The first kappa shape index (κ1) is 8.47. The van der Waals surface area contributed by atoms with Gasteiger partial charge >= 0.3 is 0 Å². The van der Waals surface area contributed by atoms with Gasteiger partial charge in [0.05, 0.1) is 0 Å². The lowest BCUT2D eigenvalue weighted by atomic mass is 10.6. The second-order valence-corrected chi connectivity index (χ2v) is 2.15. The van der Waals surface area contributed by atoms with Gasteiger partial charge in [-0.1, -0.05) is 0 Å². The van der Waals surface area contributed by atoms with Gasteiger partial charge in [0, 0.05) is 0 Å². The van der Waals surface area contributed by atoms with Gasteiger partial charge in [0.15, 0.2) is 5.82 Å². The highest BCUT2D eigenvalue weighted by atomic mass is 16.5. The van der Waals surface area contributed by atoms with Crippen LogP contribution in [0.4, 0.5) is 0 Å². The van der Waals surface area contributed by atoms with Crippen molar-refractivity contribution in [2.45, 2.75) is 13.5 Å². The Balaban J connectivity index is 2.53. The molecule has 5 N–H and O–H groups in total. The third-order valence-corrected chi connectivity index (χ3v) is 1.15. The number of guanidine groups is 1. The van der Waals surface area contributed by atoms with Gasteiger partial charge in [0.2, 0.25) is 5.96 Å². The minimum absolute atomic E-state index is 0.0579. The summed E-state index contributed by atoms with van der Waals surface area (Å²) in [5.74, 6) is 1.19. The van der Waals surface area contributed by atoms with E-state index in [-0.39, 0.29) is 12.5 Å². The fourth-order valence-electron chi connectivity index (χ4n) is 0.651. The summed E-state index contributed by atoms with van der Waals surface area (Å²) in [5.41, 5.74) is 6.85. The number of rotatable bonds is 2. The Labute approximate surface area is 68.7 Å². The summed E-state index contributed by atoms with van der Waals surface area (Å²) < 4.78 is 0. The van der Waals surface area contributed by atoms with Gasteiger partial charge in [-0.05, 0) is 6.92 Å². The SMILES string of the molecule is Cc1nc(CN=C(N)NO)n[nH]1. The van der Waals surface area contributed by atoms with Crippen LogP contribution in [0.15, 0.2) is 4.99 Å². The summed E-state index contributed by atoms with van der Waals surface area (Å²) in [6.07, 6.45) is 0. The van der Waals surface area contributed by atoms with Crippen LogP contribution in [0, 0.1) is 6.92 Å². The number of nitrogens with zero attached hydrogens (tertiary/aromatic N) is 3. The lowest BCUT2D eigenvalue weighted by Crippen LogP contribution is -2.28. The van der Waals surface area contributed by atoms with Crippen molar-refractivity contribution in [3.8, 4) is 0 Å². The molecule has 0 spiro atoms. The van der Waals surface area contributed by atoms with Gasteiger partial charge in [-0.25, -0.2) is 15.5 Å². The summed E-state index contributed by atoms with van der Waals surface area (Å²) in [5, 5.41) is 14.7. The Bertz CT molecular complexity index is 279. The van der Waals surface area contributed by atoms with Crippen molar-refractivity contribution in [2.75, 3.05) is 0 Å². The molecule has 0 aliphatic rings. The van der Waals surface area contributed by atoms with Crippen LogP contribution < -0.4 is 11.2 Å². The molecule has 1 aromatic rings. The van der Waals surface area contributed by atoms with Crippen molar-refractivity contribution in [3.63, 3.8) is 0 Å². The Kier molecular flexibility index (Phi) is 2.59. The first-order chi connectivity index (χ1) is 5.72. The molecule has 0 aromatic carbocycles. The van der Waals surface area contributed by atoms with Crippen LogP contribution >= 0.6 is 0 Å². The van der Waals surface area contributed by atoms with E-state index in [9.17, 15) is 0 Å². The van der Waals surface area contributed by atoms with E-state index in [2.05, 4.69) is 20.2 Å². The van der Waals surface area contributed by atoms with Crippen molar-refractivity contribution in [1.82, 2.24) is 20.7 Å². The standard InChI is InChI=1S/C5H10N6O/c1-3-8-4(10-9-3)2-7-5(6)11-12/h12H,2H2,1H3,(H3,6,7,11)(H,8,9,10). The summed E-state index contributed by atoms with van der Waals surface area (Å²) in [6.45, 7) is 2.03. The molecular formula is C5H10N6O. The molecule has 0 unspecified atom stereocenters. The zero-order valence-electron chi connectivity index (χ0n) is 6.57. The van der Waals surface area contributed by atoms with E-state index in [4.69, 9.17) is 10.9 Å². The Morgan fingerprint density at radius 2 is 2.58 bits per heavy atom. The zero-order chi connectivity index (χ0) is 8.97. The Morgan fingerprint density at radius 1 is 1.83 bits per heavy atom. The van der Waals surface area contributed by atoms with Crippen molar-refractivity contribution < 1.29 is 5.21 Å². The molecule has 0 amide bonds. The third-order valence-electron chi connectivity index (χ3n) is 1.15. The first-order valence-electron chi connectivity index (χ1n) is 3.30. The highest BCUT2D eigenvalue weighted by Crippen LogP contribution is 1.91. The topological polar surface area (TPSA) is 112 Å². The number of H-pyrrole nitrogens is 1. The molecular weight excluding hydrogens is 160 g/mol. The van der Waals surface area contributed by atoms with Gasteiger partial charge in [0.25, 0.3) is 0 Å². The number of nitrogens with two attached hydrogens (primary N) is 1. The molecule has 0 bridgehead atoms. The molecule has 0 atom stereocenters. The number of aromatic nitrogens is 3. The maximum Gasteiger partial charge on any atom is 0.213 e. The smallest absolute Gasteiger partial charge is 0.213 e. The van der Waals surface area contributed by atoms with E-state index in [1.54, 1.807) is 12.4 Å². The number of hydrogen-bond donors (Lipinski definition) is 4. The molecule has 7 nitrogen and oxygen atoms in total. The predicted octanol–water partition coefficient (Wildman–Crippen LogP) is -1.09. The van der Waals surface area contributed by atoms with Crippen molar-refractivity contribution in [2.24, 2.45) is 10.7 Å². The average Bonchev–Trinajstić information content (AvgIpc) is 2.47. The lowest BCUT2D eigenvalue weighted by Gasteiger charge is -1.93. The molecule has 66 valence electrons. The third kappa shape index (κ3) is 2.20. The van der Waals surface area contributed by atoms with Gasteiger partial charge in [0.1, 0.15) is 12.4 Å². The van der Waals surface area contributed by atoms with Crippen molar-refractivity contribution in [1.29, 1.82) is 0 Å². The molecule has 0 aliphatic carbocycles. The fourth-order valence-corrected chi connectivity index (χ4v) is 0.651. The van der Waals surface area contributed by atoms with E-state index in [0.717, 1.165) is 5.82 Å². The van der Waals surface area contributed by atoms with Gasteiger partial charge in [-0.3, -0.25) is 10.3 Å². The number of hydroxylamine groups is 1. The minimum Gasteiger partial charge on any atom is -0.368 e. The van der Waals surface area contributed by atoms with E-state index in [1.807, 2.05) is 0 Å². The quantitative estimate of drug-likeness (QED) is 0.256. The molecule has 0 fully saturated rings. The van der Waals surface area contributed by atoms with Crippen LogP contribution in [0.25, 0.3) is 0 Å². The zero-order valence-corrected chi connectivity index (χ0v) is 6.57. The van der Waals surface area contributed by atoms with E-state index in [1.165, 1.54) is 0 Å². The summed E-state index contributed by atoms with van der Waals surface area (Å²) >= 11 is 0. The highest BCUT2D eigenvalue weighted by molar-refractivity contribution is 5.76. The van der Waals surface area contributed by atoms with Crippen LogP contribution in [0.1, 0.15) is 11.6 Å². The Morgan fingerprint density at radius 3 is 3.08 bits per heavy atom. The molecule has 1 heterocycles. The van der Waals surface area contributed by atoms with Crippen molar-refractivity contribution in [3.05, 3.63) is 11.6 Å². The fraction of sp³-hybridized carbons (Fsp3) is 0.400. The van der Waals surface area contributed by atoms with Gasteiger partial charge in [-0.15, -0.1) is 0 Å². The first-order valence-corrected chi connectivity index (χ1v) is 3.30. The largest absolute Gasteiger partial charge is 0.368 e. The van der Waals surface area contributed by atoms with Crippen LogP contribution in [0.3, 0.4) is 0 Å². The summed E-state index contributed by atoms with van der Waals surface area (Å²) in [6, 6.07) is 0. The predicted molar refractivity (Wildman–Crippen MR) is 41.4 cm³/mol. The van der Waals surface area contributed by atoms with Crippen LogP contribution in [-0.4, -0.2) is 26.3 Å². The maximum atomic E-state index is 8.26.